The number of hydrogen-bond acceptors (Lipinski definition) is 2. The van der Waals surface area contributed by atoms with Gasteiger partial charge in [0, 0.05) is 44.2 Å². The molecule has 2 aromatic rings. The Bertz CT molecular complexity index is 741. The second-order valence-corrected chi connectivity index (χ2v) is 5.99. The third kappa shape index (κ3) is 2.37. The van der Waals surface area contributed by atoms with Gasteiger partial charge in [-0.25, -0.2) is 8.78 Å². The molecule has 6 heteroatoms. The van der Waals surface area contributed by atoms with E-state index in [9.17, 15) is 13.6 Å². The van der Waals surface area contributed by atoms with Crippen molar-refractivity contribution >= 4 is 16.8 Å². The minimum absolute atomic E-state index is 0.0977. The molecule has 1 aromatic heterocycles. The van der Waals surface area contributed by atoms with Crippen LogP contribution in [0, 0.1) is 11.6 Å². The van der Waals surface area contributed by atoms with Crippen molar-refractivity contribution in [3.8, 4) is 0 Å². The average molecular weight is 307 g/mol. The van der Waals surface area contributed by atoms with Gasteiger partial charge in [0.25, 0.3) is 5.91 Å². The summed E-state index contributed by atoms with van der Waals surface area (Å²) in [6, 6.07) is 4.19. The molecule has 0 N–H and O–H groups in total. The van der Waals surface area contributed by atoms with E-state index in [4.69, 9.17) is 0 Å². The van der Waals surface area contributed by atoms with Gasteiger partial charge in [-0.1, -0.05) is 0 Å². The molecule has 0 radical (unpaired) electrons. The van der Waals surface area contributed by atoms with Gasteiger partial charge in [0.05, 0.1) is 5.52 Å². The maximum atomic E-state index is 13.4. The zero-order valence-corrected chi connectivity index (χ0v) is 12.9. The summed E-state index contributed by atoms with van der Waals surface area (Å²) in [5, 5.41) is 0.534. The molecule has 1 amide bonds. The fraction of sp³-hybridized carbons (Fsp3) is 0.438. The normalized spacial score (nSPS) is 19.9. The van der Waals surface area contributed by atoms with Crippen molar-refractivity contribution in [2.45, 2.75) is 13.0 Å². The van der Waals surface area contributed by atoms with Gasteiger partial charge in [-0.15, -0.1) is 0 Å². The molecule has 0 unspecified atom stereocenters. The van der Waals surface area contributed by atoms with Crippen LogP contribution in [-0.4, -0.2) is 53.0 Å². The lowest BCUT2D eigenvalue weighted by Crippen LogP contribution is -2.52. The lowest BCUT2D eigenvalue weighted by molar-refractivity contribution is 0.0564. The van der Waals surface area contributed by atoms with Crippen LogP contribution in [0.1, 0.15) is 17.4 Å². The Labute approximate surface area is 127 Å². The van der Waals surface area contributed by atoms with E-state index in [-0.39, 0.29) is 5.91 Å². The van der Waals surface area contributed by atoms with E-state index >= 15 is 0 Å². The largest absolute Gasteiger partial charge is 0.340 e. The van der Waals surface area contributed by atoms with Crippen LogP contribution in [0.25, 0.3) is 10.9 Å². The molecule has 4 nitrogen and oxygen atoms in total. The van der Waals surface area contributed by atoms with Gasteiger partial charge in [0.2, 0.25) is 0 Å². The van der Waals surface area contributed by atoms with Gasteiger partial charge in [0.1, 0.15) is 5.69 Å². The molecule has 1 fully saturated rings. The SMILES string of the molecule is C[C@@H]1CN(C(=O)c2cc3cc(F)c(F)cc3n2C)CCN1C. The number of halogens is 2. The van der Waals surface area contributed by atoms with Crippen molar-refractivity contribution in [1.29, 1.82) is 0 Å². The van der Waals surface area contributed by atoms with Crippen molar-refractivity contribution in [3.05, 3.63) is 35.5 Å². The fourth-order valence-corrected chi connectivity index (χ4v) is 2.93. The number of aromatic nitrogens is 1. The predicted octanol–water partition coefficient (Wildman–Crippen LogP) is 2.23. The number of fused-ring (bicyclic) bond motifs is 1. The van der Waals surface area contributed by atoms with E-state index in [0.29, 0.717) is 35.7 Å². The number of piperazine rings is 1. The number of hydrogen-bond donors (Lipinski definition) is 0. The van der Waals surface area contributed by atoms with E-state index in [0.717, 1.165) is 18.7 Å². The van der Waals surface area contributed by atoms with E-state index < -0.39 is 11.6 Å². The van der Waals surface area contributed by atoms with Gasteiger partial charge in [-0.05, 0) is 26.1 Å². The fourth-order valence-electron chi connectivity index (χ4n) is 2.93. The lowest BCUT2D eigenvalue weighted by atomic mass is 10.2. The number of aryl methyl sites for hydroxylation is 1. The molecule has 1 atom stereocenters. The molecule has 1 aliphatic heterocycles. The topological polar surface area (TPSA) is 28.5 Å². The maximum absolute atomic E-state index is 13.4. The highest BCUT2D eigenvalue weighted by molar-refractivity contribution is 5.98. The van der Waals surface area contributed by atoms with Crippen LogP contribution >= 0.6 is 0 Å². The Balaban J connectivity index is 1.96. The molecular weight excluding hydrogens is 288 g/mol. The first-order valence-electron chi connectivity index (χ1n) is 7.32. The van der Waals surface area contributed by atoms with Gasteiger partial charge in [-0.3, -0.25) is 4.79 Å². The summed E-state index contributed by atoms with van der Waals surface area (Å²) in [6.45, 7) is 4.20. The van der Waals surface area contributed by atoms with Crippen LogP contribution in [0.2, 0.25) is 0 Å². The van der Waals surface area contributed by atoms with Gasteiger partial charge < -0.3 is 14.4 Å². The summed E-state index contributed by atoms with van der Waals surface area (Å²) >= 11 is 0. The molecule has 0 spiro atoms. The van der Waals surface area contributed by atoms with Gasteiger partial charge in [-0.2, -0.15) is 0 Å². The van der Waals surface area contributed by atoms with Crippen LogP contribution in [0.15, 0.2) is 18.2 Å². The average Bonchev–Trinajstić information content (AvgIpc) is 2.79. The van der Waals surface area contributed by atoms with Crippen LogP contribution in [0.5, 0.6) is 0 Å². The molecule has 22 heavy (non-hydrogen) atoms. The number of carbonyl (C=O) groups excluding carboxylic acids is 1. The Morgan fingerprint density at radius 3 is 2.50 bits per heavy atom. The molecule has 118 valence electrons. The quantitative estimate of drug-likeness (QED) is 0.808. The van der Waals surface area contributed by atoms with Crippen molar-refractivity contribution in [2.75, 3.05) is 26.7 Å². The van der Waals surface area contributed by atoms with Crippen LogP contribution in [-0.2, 0) is 7.05 Å². The zero-order valence-electron chi connectivity index (χ0n) is 12.9. The second-order valence-electron chi connectivity index (χ2n) is 5.99. The van der Waals surface area contributed by atoms with Crippen LogP contribution in [0.3, 0.4) is 0 Å². The highest BCUT2D eigenvalue weighted by Gasteiger charge is 2.27. The Hall–Kier alpha value is -1.95. The Morgan fingerprint density at radius 2 is 1.82 bits per heavy atom. The summed E-state index contributed by atoms with van der Waals surface area (Å²) in [7, 11) is 3.74. The molecule has 1 aliphatic rings. The van der Waals surface area contributed by atoms with Crippen LogP contribution in [0.4, 0.5) is 8.78 Å². The van der Waals surface area contributed by atoms with Gasteiger partial charge in [0.15, 0.2) is 11.6 Å². The number of rotatable bonds is 1. The summed E-state index contributed by atoms with van der Waals surface area (Å²) in [5.41, 5.74) is 0.973. The summed E-state index contributed by atoms with van der Waals surface area (Å²) < 4.78 is 28.4. The smallest absolute Gasteiger partial charge is 0.270 e. The number of amides is 1. The summed E-state index contributed by atoms with van der Waals surface area (Å²) in [6.07, 6.45) is 0. The molecule has 0 bridgehead atoms. The number of nitrogens with zero attached hydrogens (tertiary/aromatic N) is 3. The predicted molar refractivity (Wildman–Crippen MR) is 80.8 cm³/mol. The van der Waals surface area contributed by atoms with Crippen molar-refractivity contribution < 1.29 is 13.6 Å². The van der Waals surface area contributed by atoms with E-state index in [1.165, 1.54) is 0 Å². The van der Waals surface area contributed by atoms with Crippen LogP contribution < -0.4 is 0 Å². The van der Waals surface area contributed by atoms with Crippen molar-refractivity contribution in [3.63, 3.8) is 0 Å². The molecule has 1 aromatic carbocycles. The summed E-state index contributed by atoms with van der Waals surface area (Å²) in [5.74, 6) is -1.90. The van der Waals surface area contributed by atoms with Crippen molar-refractivity contribution in [1.82, 2.24) is 14.4 Å². The molecule has 3 rings (SSSR count). The minimum Gasteiger partial charge on any atom is -0.340 e. The maximum Gasteiger partial charge on any atom is 0.270 e. The molecule has 0 saturated carbocycles. The zero-order chi connectivity index (χ0) is 16.0. The number of likely N-dealkylation sites (N-methyl/N-ethyl adjacent to an activating group) is 1. The van der Waals surface area contributed by atoms with E-state index in [1.54, 1.807) is 22.6 Å². The Kier molecular flexibility index (Phi) is 3.64. The third-order valence-electron chi connectivity index (χ3n) is 4.55. The highest BCUT2D eigenvalue weighted by atomic mass is 19.2. The first kappa shape index (κ1) is 15.0. The highest BCUT2D eigenvalue weighted by Crippen LogP contribution is 2.23. The molecule has 1 saturated heterocycles. The van der Waals surface area contributed by atoms with Gasteiger partial charge >= 0.3 is 0 Å². The Morgan fingerprint density at radius 1 is 1.14 bits per heavy atom. The summed E-state index contributed by atoms with van der Waals surface area (Å²) in [4.78, 5) is 16.7. The number of carbonyl (C=O) groups is 1. The number of benzene rings is 1. The standard InChI is InChI=1S/C16H19F2N3O/c1-10-9-21(5-4-19(10)2)16(22)15-7-11-6-12(17)13(18)8-14(11)20(15)3/h6-8,10H,4-5,9H2,1-3H3/t10-/m1/s1. The first-order valence-corrected chi connectivity index (χ1v) is 7.32. The first-order chi connectivity index (χ1) is 10.4. The second kappa shape index (κ2) is 5.35. The monoisotopic (exact) mass is 307 g/mol. The third-order valence-corrected chi connectivity index (χ3v) is 4.55. The lowest BCUT2D eigenvalue weighted by Gasteiger charge is -2.37. The molecule has 2 heterocycles. The minimum atomic E-state index is -0.902. The molecule has 0 aliphatic carbocycles. The van der Waals surface area contributed by atoms with Crippen molar-refractivity contribution in [2.24, 2.45) is 7.05 Å². The van der Waals surface area contributed by atoms with E-state index in [1.807, 2.05) is 7.05 Å². The van der Waals surface area contributed by atoms with E-state index in [2.05, 4.69) is 11.8 Å². The molecular formula is C16H19F2N3O.